The molecule has 0 spiro atoms. The van der Waals surface area contributed by atoms with Gasteiger partial charge in [-0.15, -0.1) is 11.8 Å². The number of carbonyl (C=O) groups excluding carboxylic acids is 1. The molecule has 0 aliphatic carbocycles. The van der Waals surface area contributed by atoms with E-state index in [4.69, 9.17) is 22.3 Å². The number of amides is 1. The van der Waals surface area contributed by atoms with Crippen LogP contribution in [0.3, 0.4) is 0 Å². The molecule has 1 aliphatic heterocycles. The number of hydrogen-bond donors (Lipinski definition) is 1. The monoisotopic (exact) mass is 414 g/mol. The highest BCUT2D eigenvalue weighted by molar-refractivity contribution is 8.01. The first-order valence-electron chi connectivity index (χ1n) is 9.23. The summed E-state index contributed by atoms with van der Waals surface area (Å²) in [5, 5.41) is 0.0742. The normalized spacial score (nSPS) is 22.4. The summed E-state index contributed by atoms with van der Waals surface area (Å²) >= 11 is 7.97. The number of hydrogen-bond acceptors (Lipinski definition) is 7. The molecule has 1 aromatic heterocycles. The second-order valence-electron chi connectivity index (χ2n) is 8.74. The summed E-state index contributed by atoms with van der Waals surface area (Å²) in [6.45, 7) is 17.4. The minimum atomic E-state index is -0.549. The van der Waals surface area contributed by atoms with Crippen molar-refractivity contribution in [1.29, 1.82) is 0 Å². The summed E-state index contributed by atoms with van der Waals surface area (Å²) in [7, 11) is 0. The van der Waals surface area contributed by atoms with E-state index in [0.717, 1.165) is 6.54 Å². The molecule has 1 aromatic rings. The van der Waals surface area contributed by atoms with Crippen molar-refractivity contribution in [1.82, 2.24) is 15.0 Å². The van der Waals surface area contributed by atoms with E-state index in [2.05, 4.69) is 44.6 Å². The number of aromatic nitrogens is 3. The fraction of sp³-hybridized carbons (Fsp3) is 0.778. The third-order valence-corrected chi connectivity index (χ3v) is 6.81. The molecule has 1 fully saturated rings. The number of rotatable bonds is 5. The van der Waals surface area contributed by atoms with E-state index < -0.39 is 11.9 Å². The number of primary amides is 1. The highest BCUT2D eigenvalue weighted by atomic mass is 35.5. The minimum absolute atomic E-state index is 0.0366. The van der Waals surface area contributed by atoms with Crippen LogP contribution < -0.4 is 15.5 Å². The summed E-state index contributed by atoms with van der Waals surface area (Å²) in [4.78, 5) is 29.7. The molecule has 2 atom stereocenters. The number of thioether (sulfide) groups is 1. The molecule has 9 heteroatoms. The van der Waals surface area contributed by atoms with Crippen LogP contribution in [-0.4, -0.2) is 49.6 Å². The van der Waals surface area contributed by atoms with E-state index in [1.54, 1.807) is 11.8 Å². The van der Waals surface area contributed by atoms with Gasteiger partial charge < -0.3 is 15.5 Å². The fourth-order valence-corrected chi connectivity index (χ4v) is 5.25. The Hall–Kier alpha value is -1.28. The maximum Gasteiger partial charge on any atom is 0.241 e. The Morgan fingerprint density at radius 1 is 1.33 bits per heavy atom. The van der Waals surface area contributed by atoms with Crippen molar-refractivity contribution in [2.75, 3.05) is 16.3 Å². The number of nitrogens with two attached hydrogens (primary N) is 1. The van der Waals surface area contributed by atoms with Gasteiger partial charge in [0, 0.05) is 17.3 Å². The van der Waals surface area contributed by atoms with Crippen LogP contribution in [0, 0.1) is 5.41 Å². The highest BCUT2D eigenvalue weighted by Gasteiger charge is 2.54. The standard InChI is InChI=1S/C18H31ClN6OS/c1-9-24(10(2)3)15-21-14(19)22-16(23-15)25-11(12(20)26)18(7,8)27-13(25)17(4,5)6/h10-11,13H,9H2,1-8H3,(H2,20,26). The Balaban J connectivity index is 2.64. The van der Waals surface area contributed by atoms with Crippen molar-refractivity contribution in [3.8, 4) is 0 Å². The molecule has 152 valence electrons. The zero-order valence-electron chi connectivity index (χ0n) is 17.4. The summed E-state index contributed by atoms with van der Waals surface area (Å²) in [6.07, 6.45) is 0. The largest absolute Gasteiger partial charge is 0.368 e. The molecule has 0 saturated carbocycles. The molecule has 0 aromatic carbocycles. The van der Waals surface area contributed by atoms with E-state index in [1.165, 1.54) is 0 Å². The molecule has 0 radical (unpaired) electrons. The van der Waals surface area contributed by atoms with Crippen LogP contribution in [-0.2, 0) is 4.79 Å². The van der Waals surface area contributed by atoms with E-state index in [9.17, 15) is 4.79 Å². The number of halogens is 1. The summed E-state index contributed by atoms with van der Waals surface area (Å²) in [5.41, 5.74) is 5.68. The lowest BCUT2D eigenvalue weighted by molar-refractivity contribution is -0.119. The lowest BCUT2D eigenvalue weighted by atomic mass is 9.93. The van der Waals surface area contributed by atoms with E-state index in [1.807, 2.05) is 30.6 Å². The van der Waals surface area contributed by atoms with Crippen molar-refractivity contribution in [3.63, 3.8) is 0 Å². The first-order chi connectivity index (χ1) is 12.3. The molecule has 2 heterocycles. The molecule has 1 aliphatic rings. The van der Waals surface area contributed by atoms with Crippen LogP contribution in [0.4, 0.5) is 11.9 Å². The molecule has 1 saturated heterocycles. The third-order valence-electron chi connectivity index (χ3n) is 4.65. The van der Waals surface area contributed by atoms with E-state index in [0.29, 0.717) is 11.9 Å². The van der Waals surface area contributed by atoms with Gasteiger partial charge in [-0.2, -0.15) is 15.0 Å². The topological polar surface area (TPSA) is 88.2 Å². The van der Waals surface area contributed by atoms with Gasteiger partial charge in [0.2, 0.25) is 23.1 Å². The average molecular weight is 415 g/mol. The first kappa shape index (κ1) is 22.0. The first-order valence-corrected chi connectivity index (χ1v) is 10.5. The molecule has 7 nitrogen and oxygen atoms in total. The molecular weight excluding hydrogens is 384 g/mol. The summed E-state index contributed by atoms with van der Waals surface area (Å²) in [5.74, 6) is 0.507. The molecule has 27 heavy (non-hydrogen) atoms. The molecule has 2 unspecified atom stereocenters. The van der Waals surface area contributed by atoms with Crippen LogP contribution in [0.2, 0.25) is 5.28 Å². The number of anilines is 2. The van der Waals surface area contributed by atoms with Gasteiger partial charge in [-0.1, -0.05) is 20.8 Å². The van der Waals surface area contributed by atoms with Gasteiger partial charge in [-0.05, 0) is 51.6 Å². The fourth-order valence-electron chi connectivity index (χ4n) is 3.48. The Morgan fingerprint density at radius 2 is 1.93 bits per heavy atom. The second-order valence-corrected chi connectivity index (χ2v) is 10.8. The Bertz CT molecular complexity index is 706. The van der Waals surface area contributed by atoms with E-state index in [-0.39, 0.29) is 26.9 Å². The molecule has 2 rings (SSSR count). The van der Waals surface area contributed by atoms with Gasteiger partial charge in [-0.3, -0.25) is 4.79 Å². The van der Waals surface area contributed by atoms with Crippen LogP contribution in [0.25, 0.3) is 0 Å². The smallest absolute Gasteiger partial charge is 0.241 e. The second kappa shape index (κ2) is 7.62. The predicted octanol–water partition coefficient (Wildman–Crippen LogP) is 3.32. The maximum atomic E-state index is 12.4. The van der Waals surface area contributed by atoms with Gasteiger partial charge in [-0.25, -0.2) is 0 Å². The lowest BCUT2D eigenvalue weighted by Crippen LogP contribution is -2.53. The zero-order chi connectivity index (χ0) is 20.7. The summed E-state index contributed by atoms with van der Waals surface area (Å²) in [6, 6.07) is -0.344. The Morgan fingerprint density at radius 3 is 2.37 bits per heavy atom. The molecule has 0 bridgehead atoms. The van der Waals surface area contributed by atoms with Gasteiger partial charge in [0.25, 0.3) is 0 Å². The van der Waals surface area contributed by atoms with Crippen LogP contribution in [0.15, 0.2) is 0 Å². The van der Waals surface area contributed by atoms with E-state index >= 15 is 0 Å². The van der Waals surface area contributed by atoms with Gasteiger partial charge in [0.1, 0.15) is 6.04 Å². The third kappa shape index (κ3) is 4.42. The Labute approximate surface area is 171 Å². The van der Waals surface area contributed by atoms with Crippen molar-refractivity contribution in [2.24, 2.45) is 11.1 Å². The minimum Gasteiger partial charge on any atom is -0.368 e. The predicted molar refractivity (Wildman–Crippen MR) is 113 cm³/mol. The maximum absolute atomic E-state index is 12.4. The highest BCUT2D eigenvalue weighted by Crippen LogP contribution is 2.51. The Kier molecular flexibility index (Phi) is 6.21. The van der Waals surface area contributed by atoms with Crippen molar-refractivity contribution >= 4 is 41.2 Å². The number of nitrogens with zero attached hydrogens (tertiary/aromatic N) is 5. The van der Waals surface area contributed by atoms with Crippen LogP contribution in [0.1, 0.15) is 55.4 Å². The van der Waals surface area contributed by atoms with Crippen molar-refractivity contribution in [3.05, 3.63) is 5.28 Å². The van der Waals surface area contributed by atoms with Crippen molar-refractivity contribution in [2.45, 2.75) is 77.6 Å². The lowest BCUT2D eigenvalue weighted by Gasteiger charge is -2.36. The van der Waals surface area contributed by atoms with Gasteiger partial charge in [0.05, 0.1) is 5.37 Å². The average Bonchev–Trinajstić information content (AvgIpc) is 2.78. The molecule has 2 N–H and O–H groups in total. The summed E-state index contributed by atoms with van der Waals surface area (Å²) < 4.78 is -0.383. The SMILES string of the molecule is CCN(c1nc(Cl)nc(N2C(C(C)(C)C)SC(C)(C)C2C(N)=O)n1)C(C)C. The number of carbonyl (C=O) groups is 1. The van der Waals surface area contributed by atoms with Crippen LogP contribution in [0.5, 0.6) is 0 Å². The molecule has 1 amide bonds. The zero-order valence-corrected chi connectivity index (χ0v) is 19.0. The molecular formula is C18H31ClN6OS. The van der Waals surface area contributed by atoms with Crippen molar-refractivity contribution < 1.29 is 4.79 Å². The van der Waals surface area contributed by atoms with Gasteiger partial charge >= 0.3 is 0 Å². The van der Waals surface area contributed by atoms with Crippen LogP contribution >= 0.6 is 23.4 Å². The van der Waals surface area contributed by atoms with Gasteiger partial charge in [0.15, 0.2) is 0 Å². The quantitative estimate of drug-likeness (QED) is 0.790.